The summed E-state index contributed by atoms with van der Waals surface area (Å²) >= 11 is 0. The highest BCUT2D eigenvalue weighted by atomic mass is 14.7. The molecule has 1 nitrogen and oxygen atoms in total. The van der Waals surface area contributed by atoms with Crippen molar-refractivity contribution in [3.05, 3.63) is 42.1 Å². The molecule has 0 atom stereocenters. The number of pyridine rings is 1. The van der Waals surface area contributed by atoms with E-state index in [1.54, 1.807) is 0 Å². The Hall–Kier alpha value is -1.37. The van der Waals surface area contributed by atoms with Crippen LogP contribution >= 0.6 is 0 Å². The molecule has 0 saturated carbocycles. The summed E-state index contributed by atoms with van der Waals surface area (Å²) in [7, 11) is 0. The van der Waals surface area contributed by atoms with Gasteiger partial charge in [0.15, 0.2) is 0 Å². The lowest BCUT2D eigenvalue weighted by Gasteiger charge is -2.18. The van der Waals surface area contributed by atoms with Gasteiger partial charge in [0.1, 0.15) is 0 Å². The molecule has 0 amide bonds. The van der Waals surface area contributed by atoms with E-state index < -0.39 is 0 Å². The molecule has 0 aliphatic heterocycles. The maximum absolute atomic E-state index is 4.45. The number of hydrogen-bond acceptors (Lipinski definition) is 1. The zero-order chi connectivity index (χ0) is 12.2. The second kappa shape index (κ2) is 5.11. The van der Waals surface area contributed by atoms with Crippen LogP contribution in [-0.2, 0) is 5.41 Å². The molecule has 0 radical (unpaired) electrons. The minimum absolute atomic E-state index is 0.178. The molecule has 2 rings (SSSR count). The molecule has 0 aliphatic rings. The average Bonchev–Trinajstić information content (AvgIpc) is 2.30. The third-order valence-corrected chi connectivity index (χ3v) is 2.46. The minimum atomic E-state index is 0.178. The maximum Gasteiger partial charge on any atom is 0.0702 e. The van der Waals surface area contributed by atoms with Gasteiger partial charge in [-0.25, -0.2) is 0 Å². The van der Waals surface area contributed by atoms with Crippen LogP contribution in [0.2, 0.25) is 0 Å². The van der Waals surface area contributed by atoms with Crippen molar-refractivity contribution in [1.82, 2.24) is 4.98 Å². The molecule has 16 heavy (non-hydrogen) atoms. The summed E-state index contributed by atoms with van der Waals surface area (Å²) in [6.07, 6.45) is 1.97. The minimum Gasteiger partial charge on any atom is -0.256 e. The second-order valence-corrected chi connectivity index (χ2v) is 4.67. The molecule has 1 aromatic heterocycles. The van der Waals surface area contributed by atoms with Gasteiger partial charge in [-0.15, -0.1) is 0 Å². The summed E-state index contributed by atoms with van der Waals surface area (Å²) in [6.45, 7) is 10.6. The Bertz CT molecular complexity index is 452. The molecule has 0 saturated heterocycles. The predicted octanol–water partition coefficient (Wildman–Crippen LogP) is 4.56. The van der Waals surface area contributed by atoms with E-state index in [2.05, 4.69) is 44.0 Å². The van der Waals surface area contributed by atoms with Crippen molar-refractivity contribution in [2.75, 3.05) is 0 Å². The lowest BCUT2D eigenvalue weighted by Crippen LogP contribution is -2.11. The van der Waals surface area contributed by atoms with Crippen molar-refractivity contribution in [1.29, 1.82) is 0 Å². The van der Waals surface area contributed by atoms with Gasteiger partial charge in [0, 0.05) is 11.6 Å². The van der Waals surface area contributed by atoms with Crippen LogP contribution in [0.3, 0.4) is 0 Å². The van der Waals surface area contributed by atoms with Crippen LogP contribution in [0, 0.1) is 0 Å². The van der Waals surface area contributed by atoms with Crippen LogP contribution in [0.5, 0.6) is 0 Å². The van der Waals surface area contributed by atoms with Crippen LogP contribution in [0.1, 0.15) is 40.2 Å². The Kier molecular flexibility index (Phi) is 4.05. The molecule has 0 N–H and O–H groups in total. The van der Waals surface area contributed by atoms with Crippen molar-refractivity contribution in [3.8, 4) is 0 Å². The Labute approximate surface area is 98.5 Å². The van der Waals surface area contributed by atoms with E-state index in [9.17, 15) is 0 Å². The highest BCUT2D eigenvalue weighted by molar-refractivity contribution is 5.78. The van der Waals surface area contributed by atoms with E-state index >= 15 is 0 Å². The quantitative estimate of drug-likeness (QED) is 0.628. The van der Waals surface area contributed by atoms with Gasteiger partial charge in [-0.2, -0.15) is 0 Å². The first-order valence-electron chi connectivity index (χ1n) is 5.93. The Morgan fingerprint density at radius 1 is 1.00 bits per heavy atom. The van der Waals surface area contributed by atoms with E-state index in [4.69, 9.17) is 0 Å². The van der Waals surface area contributed by atoms with Crippen molar-refractivity contribution in [3.63, 3.8) is 0 Å². The van der Waals surface area contributed by atoms with Gasteiger partial charge in [0.25, 0.3) is 0 Å². The second-order valence-electron chi connectivity index (χ2n) is 4.67. The number of benzene rings is 1. The first-order chi connectivity index (χ1) is 7.57. The van der Waals surface area contributed by atoms with Crippen LogP contribution in [-0.4, -0.2) is 4.98 Å². The van der Waals surface area contributed by atoms with E-state index in [-0.39, 0.29) is 5.41 Å². The first-order valence-corrected chi connectivity index (χ1v) is 5.93. The number of fused-ring (bicyclic) bond motifs is 1. The zero-order valence-electron chi connectivity index (χ0n) is 10.9. The maximum atomic E-state index is 4.45. The molecular formula is C15H21N. The number of aromatic nitrogens is 1. The molecule has 0 aliphatic carbocycles. The summed E-state index contributed by atoms with van der Waals surface area (Å²) in [5.41, 5.74) is 2.54. The molecule has 2 aromatic rings. The molecule has 1 heterocycles. The van der Waals surface area contributed by atoms with Gasteiger partial charge < -0.3 is 0 Å². The lowest BCUT2D eigenvalue weighted by atomic mass is 9.88. The number of rotatable bonds is 0. The molecule has 0 spiro atoms. The molecule has 1 aromatic carbocycles. The van der Waals surface area contributed by atoms with Crippen LogP contribution in [0.4, 0.5) is 0 Å². The average molecular weight is 215 g/mol. The van der Waals surface area contributed by atoms with Crippen LogP contribution < -0.4 is 0 Å². The fraction of sp³-hybridized carbons (Fsp3) is 0.400. The van der Waals surface area contributed by atoms with E-state index in [0.717, 1.165) is 5.52 Å². The van der Waals surface area contributed by atoms with Crippen molar-refractivity contribution >= 4 is 10.9 Å². The summed E-state index contributed by atoms with van der Waals surface area (Å²) in [5.74, 6) is 0. The first kappa shape index (κ1) is 12.7. The normalized spacial score (nSPS) is 10.8. The van der Waals surface area contributed by atoms with Gasteiger partial charge >= 0.3 is 0 Å². The summed E-state index contributed by atoms with van der Waals surface area (Å²) < 4.78 is 0. The Balaban J connectivity index is 0.000000606. The summed E-state index contributed by atoms with van der Waals surface area (Å²) in [5, 5.41) is 1.22. The number of nitrogens with zero attached hydrogens (tertiary/aromatic N) is 1. The van der Waals surface area contributed by atoms with Gasteiger partial charge in [0.05, 0.1) is 5.52 Å². The van der Waals surface area contributed by atoms with E-state index in [1.165, 1.54) is 10.9 Å². The van der Waals surface area contributed by atoms with Crippen LogP contribution in [0.25, 0.3) is 10.9 Å². The standard InChI is InChI=1S/C13H15N.C2H6/c1-13(2,3)11-8-10-6-4-5-7-12(10)14-9-11;1-2/h4-9H,1-3H3;1-2H3. The van der Waals surface area contributed by atoms with E-state index in [1.807, 2.05) is 32.2 Å². The fourth-order valence-corrected chi connectivity index (χ4v) is 1.48. The van der Waals surface area contributed by atoms with Crippen molar-refractivity contribution in [2.24, 2.45) is 0 Å². The highest BCUT2D eigenvalue weighted by Gasteiger charge is 2.13. The number of hydrogen-bond donors (Lipinski definition) is 0. The SMILES string of the molecule is CC.CC(C)(C)c1cnc2ccccc2c1. The Morgan fingerprint density at radius 2 is 1.62 bits per heavy atom. The van der Waals surface area contributed by atoms with E-state index in [0.29, 0.717) is 0 Å². The highest BCUT2D eigenvalue weighted by Crippen LogP contribution is 2.24. The third kappa shape index (κ3) is 2.82. The molecule has 0 bridgehead atoms. The predicted molar refractivity (Wildman–Crippen MR) is 71.8 cm³/mol. The molecule has 0 fully saturated rings. The van der Waals surface area contributed by atoms with Crippen molar-refractivity contribution < 1.29 is 0 Å². The largest absolute Gasteiger partial charge is 0.256 e. The van der Waals surface area contributed by atoms with Crippen molar-refractivity contribution in [2.45, 2.75) is 40.0 Å². The molecular weight excluding hydrogens is 194 g/mol. The van der Waals surface area contributed by atoms with Gasteiger partial charge in [0.2, 0.25) is 0 Å². The fourth-order valence-electron chi connectivity index (χ4n) is 1.48. The lowest BCUT2D eigenvalue weighted by molar-refractivity contribution is 0.589. The third-order valence-electron chi connectivity index (χ3n) is 2.46. The summed E-state index contributed by atoms with van der Waals surface area (Å²) in [6, 6.07) is 10.4. The van der Waals surface area contributed by atoms with Gasteiger partial charge in [-0.05, 0) is 23.1 Å². The monoisotopic (exact) mass is 215 g/mol. The molecule has 86 valence electrons. The smallest absolute Gasteiger partial charge is 0.0702 e. The Morgan fingerprint density at radius 3 is 2.25 bits per heavy atom. The summed E-state index contributed by atoms with van der Waals surface area (Å²) in [4.78, 5) is 4.45. The molecule has 0 unspecified atom stereocenters. The van der Waals surface area contributed by atoms with Gasteiger partial charge in [-0.3, -0.25) is 4.98 Å². The van der Waals surface area contributed by atoms with Gasteiger partial charge in [-0.1, -0.05) is 52.8 Å². The number of para-hydroxylation sites is 1. The zero-order valence-corrected chi connectivity index (χ0v) is 10.9. The molecule has 1 heteroatoms. The topological polar surface area (TPSA) is 12.9 Å². The van der Waals surface area contributed by atoms with Crippen LogP contribution in [0.15, 0.2) is 36.5 Å².